The zero-order valence-electron chi connectivity index (χ0n) is 11.8. The van der Waals surface area contributed by atoms with E-state index in [9.17, 15) is 4.79 Å². The molecule has 1 N–H and O–H groups in total. The van der Waals surface area contributed by atoms with Gasteiger partial charge in [0.2, 0.25) is 5.91 Å². The van der Waals surface area contributed by atoms with Gasteiger partial charge in [-0.25, -0.2) is 0 Å². The Bertz CT molecular complexity index is 633. The molecule has 2 heterocycles. The van der Waals surface area contributed by atoms with E-state index in [0.29, 0.717) is 6.04 Å². The van der Waals surface area contributed by atoms with Crippen molar-refractivity contribution in [2.45, 2.75) is 32.4 Å². The number of amides is 1. The first-order valence-corrected chi connectivity index (χ1v) is 7.07. The summed E-state index contributed by atoms with van der Waals surface area (Å²) < 4.78 is 0. The maximum absolute atomic E-state index is 12.5. The molecule has 104 valence electrons. The topological polar surface area (TPSA) is 45.2 Å². The fourth-order valence-corrected chi connectivity index (χ4v) is 2.82. The van der Waals surface area contributed by atoms with Gasteiger partial charge in [-0.1, -0.05) is 26.0 Å². The molecule has 4 nitrogen and oxygen atoms in total. The Kier molecular flexibility index (Phi) is 3.40. The van der Waals surface area contributed by atoms with Crippen LogP contribution >= 0.6 is 0 Å². The lowest BCUT2D eigenvalue weighted by atomic mass is 10.1. The van der Waals surface area contributed by atoms with E-state index in [0.717, 1.165) is 29.4 Å². The van der Waals surface area contributed by atoms with Gasteiger partial charge in [0.1, 0.15) is 0 Å². The van der Waals surface area contributed by atoms with E-state index in [1.54, 1.807) is 6.20 Å². The van der Waals surface area contributed by atoms with Crippen LogP contribution in [0.3, 0.4) is 0 Å². The van der Waals surface area contributed by atoms with E-state index in [-0.39, 0.29) is 11.9 Å². The van der Waals surface area contributed by atoms with Gasteiger partial charge >= 0.3 is 0 Å². The Morgan fingerprint density at radius 2 is 2.20 bits per heavy atom. The van der Waals surface area contributed by atoms with Gasteiger partial charge in [-0.3, -0.25) is 9.78 Å². The summed E-state index contributed by atoms with van der Waals surface area (Å²) in [6, 6.07) is 8.25. The van der Waals surface area contributed by atoms with Crippen molar-refractivity contribution in [1.29, 1.82) is 0 Å². The number of nitrogens with one attached hydrogen (secondary N) is 1. The molecule has 4 heteroatoms. The predicted octanol–water partition coefficient (Wildman–Crippen LogP) is 2.34. The minimum atomic E-state index is -0.0629. The maximum atomic E-state index is 12.5. The van der Waals surface area contributed by atoms with Gasteiger partial charge in [0.05, 0.1) is 11.7 Å². The van der Waals surface area contributed by atoms with Crippen LogP contribution in [0.5, 0.6) is 0 Å². The first-order valence-electron chi connectivity index (χ1n) is 7.07. The van der Waals surface area contributed by atoms with E-state index in [1.807, 2.05) is 35.4 Å². The number of aromatic nitrogens is 1. The molecule has 3 rings (SSSR count). The highest BCUT2D eigenvalue weighted by Crippen LogP contribution is 2.29. The van der Waals surface area contributed by atoms with Crippen molar-refractivity contribution in [2.75, 3.05) is 11.4 Å². The molecule has 1 atom stereocenters. The monoisotopic (exact) mass is 269 g/mol. The quantitative estimate of drug-likeness (QED) is 0.930. The first kappa shape index (κ1) is 13.1. The van der Waals surface area contributed by atoms with Gasteiger partial charge in [0.25, 0.3) is 0 Å². The van der Waals surface area contributed by atoms with Crippen LogP contribution in [0.25, 0.3) is 10.8 Å². The molecule has 1 fully saturated rings. The third-order valence-corrected chi connectivity index (χ3v) is 3.69. The number of hydrogen-bond donors (Lipinski definition) is 1. The molecule has 1 aromatic heterocycles. The molecule has 1 aliphatic heterocycles. The fraction of sp³-hybridized carbons (Fsp3) is 0.375. The van der Waals surface area contributed by atoms with Crippen molar-refractivity contribution in [3.8, 4) is 0 Å². The Morgan fingerprint density at radius 3 is 3.00 bits per heavy atom. The second kappa shape index (κ2) is 5.21. The van der Waals surface area contributed by atoms with Gasteiger partial charge in [0.15, 0.2) is 0 Å². The van der Waals surface area contributed by atoms with Gasteiger partial charge in [-0.05, 0) is 18.6 Å². The van der Waals surface area contributed by atoms with Gasteiger partial charge in [-0.2, -0.15) is 0 Å². The minimum Gasteiger partial charge on any atom is -0.310 e. The van der Waals surface area contributed by atoms with Crippen molar-refractivity contribution in [3.05, 3.63) is 36.7 Å². The standard InChI is InChI=1S/C16H19N3O/c1-11(2)18-14-7-9-19(16(14)20)15-5-3-4-12-10-17-8-6-13(12)15/h3-6,8,10-11,14,18H,7,9H2,1-2H3. The van der Waals surface area contributed by atoms with Crippen LogP contribution < -0.4 is 10.2 Å². The number of rotatable bonds is 3. The van der Waals surface area contributed by atoms with Gasteiger partial charge in [-0.15, -0.1) is 0 Å². The molecule has 2 aromatic rings. The summed E-state index contributed by atoms with van der Waals surface area (Å²) in [6.45, 7) is 4.91. The van der Waals surface area contributed by atoms with Crippen LogP contribution in [0, 0.1) is 0 Å². The second-order valence-corrected chi connectivity index (χ2v) is 5.53. The second-order valence-electron chi connectivity index (χ2n) is 5.53. The lowest BCUT2D eigenvalue weighted by molar-refractivity contribution is -0.118. The molecule has 0 spiro atoms. The van der Waals surface area contributed by atoms with Crippen LogP contribution in [0.2, 0.25) is 0 Å². The largest absolute Gasteiger partial charge is 0.310 e. The molecule has 1 saturated heterocycles. The first-order chi connectivity index (χ1) is 9.66. The number of carbonyl (C=O) groups is 1. The Labute approximate surface area is 118 Å². The molecule has 1 unspecified atom stereocenters. The molecule has 1 amide bonds. The van der Waals surface area contributed by atoms with Crippen molar-refractivity contribution in [1.82, 2.24) is 10.3 Å². The zero-order chi connectivity index (χ0) is 14.1. The molecule has 1 aromatic carbocycles. The highest BCUT2D eigenvalue weighted by atomic mass is 16.2. The lowest BCUT2D eigenvalue weighted by Gasteiger charge is -2.20. The van der Waals surface area contributed by atoms with E-state index < -0.39 is 0 Å². The van der Waals surface area contributed by atoms with E-state index in [2.05, 4.69) is 24.1 Å². The SMILES string of the molecule is CC(C)NC1CCN(c2cccc3cnccc23)C1=O. The summed E-state index contributed by atoms with van der Waals surface area (Å²) in [6.07, 6.45) is 4.47. The molecule has 0 saturated carbocycles. The third-order valence-electron chi connectivity index (χ3n) is 3.69. The average molecular weight is 269 g/mol. The number of hydrogen-bond acceptors (Lipinski definition) is 3. The van der Waals surface area contributed by atoms with Crippen LogP contribution in [0.15, 0.2) is 36.7 Å². The number of nitrogens with zero attached hydrogens (tertiary/aromatic N) is 2. The van der Waals surface area contributed by atoms with Crippen LogP contribution in [-0.4, -0.2) is 29.5 Å². The van der Waals surface area contributed by atoms with Crippen LogP contribution in [0.1, 0.15) is 20.3 Å². The average Bonchev–Trinajstić information content (AvgIpc) is 2.79. The minimum absolute atomic E-state index is 0.0629. The molecular formula is C16H19N3O. The number of pyridine rings is 1. The summed E-state index contributed by atoms with van der Waals surface area (Å²) in [5.74, 6) is 0.169. The van der Waals surface area contributed by atoms with Crippen molar-refractivity contribution >= 4 is 22.4 Å². The van der Waals surface area contributed by atoms with Crippen LogP contribution in [-0.2, 0) is 4.79 Å². The van der Waals surface area contributed by atoms with E-state index >= 15 is 0 Å². The van der Waals surface area contributed by atoms with E-state index in [4.69, 9.17) is 0 Å². The van der Waals surface area contributed by atoms with Crippen molar-refractivity contribution in [3.63, 3.8) is 0 Å². The number of carbonyl (C=O) groups excluding carboxylic acids is 1. The summed E-state index contributed by atoms with van der Waals surface area (Å²) in [5.41, 5.74) is 0.989. The Balaban J connectivity index is 1.94. The summed E-state index contributed by atoms with van der Waals surface area (Å²) in [4.78, 5) is 18.6. The van der Waals surface area contributed by atoms with Crippen LogP contribution in [0.4, 0.5) is 5.69 Å². The van der Waals surface area contributed by atoms with E-state index in [1.165, 1.54) is 0 Å². The molecule has 0 radical (unpaired) electrons. The van der Waals surface area contributed by atoms with Gasteiger partial charge in [0, 0.05) is 35.8 Å². The third kappa shape index (κ3) is 2.27. The Morgan fingerprint density at radius 1 is 1.35 bits per heavy atom. The highest BCUT2D eigenvalue weighted by molar-refractivity contribution is 6.06. The van der Waals surface area contributed by atoms with Crippen molar-refractivity contribution in [2.24, 2.45) is 0 Å². The normalized spacial score (nSPS) is 19.2. The highest BCUT2D eigenvalue weighted by Gasteiger charge is 2.33. The van der Waals surface area contributed by atoms with Gasteiger partial charge < -0.3 is 10.2 Å². The summed E-state index contributed by atoms with van der Waals surface area (Å²) in [5, 5.41) is 5.49. The molecule has 0 bridgehead atoms. The maximum Gasteiger partial charge on any atom is 0.244 e. The number of fused-ring (bicyclic) bond motifs is 1. The van der Waals surface area contributed by atoms with Crippen molar-refractivity contribution < 1.29 is 4.79 Å². The zero-order valence-corrected chi connectivity index (χ0v) is 11.8. The number of anilines is 1. The predicted molar refractivity (Wildman–Crippen MR) is 80.8 cm³/mol. The molecule has 0 aliphatic carbocycles. The lowest BCUT2D eigenvalue weighted by Crippen LogP contribution is -2.41. The Hall–Kier alpha value is -1.94. The fourth-order valence-electron chi connectivity index (χ4n) is 2.82. The summed E-state index contributed by atoms with van der Waals surface area (Å²) in [7, 11) is 0. The molecule has 1 aliphatic rings. The number of benzene rings is 1. The molecular weight excluding hydrogens is 250 g/mol. The smallest absolute Gasteiger partial charge is 0.244 e. The molecule has 20 heavy (non-hydrogen) atoms. The summed E-state index contributed by atoms with van der Waals surface area (Å²) >= 11 is 0.